The first-order valence-electron chi connectivity index (χ1n) is 7.29. The molecule has 0 amide bonds. The number of cyclic esters (lactones) is 1. The molecule has 0 spiro atoms. The number of esters is 2. The molecular weight excluding hydrogens is 274 g/mol. The van der Waals surface area contributed by atoms with Crippen molar-refractivity contribution in [2.24, 2.45) is 0 Å². The Morgan fingerprint density at radius 2 is 2.19 bits per heavy atom. The lowest BCUT2D eigenvalue weighted by Crippen LogP contribution is -2.71. The van der Waals surface area contributed by atoms with Crippen LogP contribution in [0.1, 0.15) is 40.0 Å². The zero-order chi connectivity index (χ0) is 15.8. The normalized spacial score (nSPS) is 30.2. The molecular formula is C14H25N3O4. The molecule has 2 aliphatic heterocycles. The van der Waals surface area contributed by atoms with Crippen LogP contribution in [0.3, 0.4) is 0 Å². The van der Waals surface area contributed by atoms with Gasteiger partial charge in [-0.05, 0) is 47.7 Å². The van der Waals surface area contributed by atoms with Crippen LogP contribution in [0.4, 0.5) is 0 Å². The van der Waals surface area contributed by atoms with Gasteiger partial charge in [-0.3, -0.25) is 14.5 Å². The van der Waals surface area contributed by atoms with Crippen LogP contribution in [0.25, 0.3) is 0 Å². The molecule has 0 aromatic heterocycles. The van der Waals surface area contributed by atoms with E-state index in [4.69, 9.17) is 9.47 Å². The van der Waals surface area contributed by atoms with E-state index < -0.39 is 17.4 Å². The first-order chi connectivity index (χ1) is 9.63. The van der Waals surface area contributed by atoms with Crippen molar-refractivity contribution >= 4 is 11.9 Å². The second kappa shape index (κ2) is 5.55. The highest BCUT2D eigenvalue weighted by Crippen LogP contribution is 2.29. The predicted octanol–water partition coefficient (Wildman–Crippen LogP) is 0.459. The largest absolute Gasteiger partial charge is 0.460 e. The van der Waals surface area contributed by atoms with Crippen LogP contribution in [0, 0.1) is 0 Å². The molecule has 0 radical (unpaired) electrons. The van der Waals surface area contributed by atoms with Crippen LogP contribution in [-0.4, -0.2) is 60.0 Å². The van der Waals surface area contributed by atoms with Crippen molar-refractivity contribution < 1.29 is 19.1 Å². The number of hydrogen-bond donors (Lipinski definition) is 1. The Kier molecular flexibility index (Phi) is 4.28. The van der Waals surface area contributed by atoms with Crippen molar-refractivity contribution in [1.29, 1.82) is 0 Å². The Morgan fingerprint density at radius 3 is 2.76 bits per heavy atom. The van der Waals surface area contributed by atoms with E-state index in [0.29, 0.717) is 0 Å². The van der Waals surface area contributed by atoms with E-state index in [-0.39, 0.29) is 18.4 Å². The maximum absolute atomic E-state index is 12.2. The molecule has 0 aromatic carbocycles. The lowest BCUT2D eigenvalue weighted by atomic mass is 10.1. The van der Waals surface area contributed by atoms with E-state index in [1.807, 2.05) is 25.8 Å². The number of hydrazine groups is 1. The van der Waals surface area contributed by atoms with Crippen LogP contribution in [0.15, 0.2) is 0 Å². The molecule has 2 fully saturated rings. The van der Waals surface area contributed by atoms with Gasteiger partial charge in [0.2, 0.25) is 5.85 Å². The van der Waals surface area contributed by atoms with Crippen molar-refractivity contribution in [3.8, 4) is 0 Å². The molecule has 2 aliphatic rings. The summed E-state index contributed by atoms with van der Waals surface area (Å²) < 4.78 is 10.9. The Balaban J connectivity index is 2.14. The molecule has 7 heteroatoms. The van der Waals surface area contributed by atoms with Gasteiger partial charge in [0.25, 0.3) is 0 Å². The van der Waals surface area contributed by atoms with E-state index in [2.05, 4.69) is 5.43 Å². The minimum atomic E-state index is -1.18. The monoisotopic (exact) mass is 299 g/mol. The van der Waals surface area contributed by atoms with Crippen molar-refractivity contribution in [1.82, 2.24) is 15.3 Å². The van der Waals surface area contributed by atoms with Gasteiger partial charge in [0.05, 0.1) is 0 Å². The summed E-state index contributed by atoms with van der Waals surface area (Å²) in [5.41, 5.74) is 2.62. The lowest BCUT2D eigenvalue weighted by molar-refractivity contribution is -0.237. The summed E-state index contributed by atoms with van der Waals surface area (Å²) in [4.78, 5) is 26.0. The minimum Gasteiger partial charge on any atom is -0.460 e. The average Bonchev–Trinajstić information content (AvgIpc) is 2.74. The molecule has 1 N–H and O–H groups in total. The summed E-state index contributed by atoms with van der Waals surface area (Å²) in [7, 11) is 3.53. The topological polar surface area (TPSA) is 71.1 Å². The highest BCUT2D eigenvalue weighted by Gasteiger charge is 2.50. The lowest BCUT2D eigenvalue weighted by Gasteiger charge is -2.46. The molecule has 2 saturated heterocycles. The van der Waals surface area contributed by atoms with E-state index >= 15 is 0 Å². The third-order valence-electron chi connectivity index (χ3n) is 3.64. The Morgan fingerprint density at radius 1 is 1.52 bits per heavy atom. The minimum absolute atomic E-state index is 0.0633. The standard InChI is InChI=1S/C14H25N3O4/c1-13(2,3)20-11(18)9-14(16(4)5)15-17-8-6-7-10(17)12(19)21-14/h10,15H,6-9H2,1-5H3/t10-,14?/m1/s1. The summed E-state index contributed by atoms with van der Waals surface area (Å²) in [5, 5.41) is 1.87. The first-order valence-corrected chi connectivity index (χ1v) is 7.29. The highest BCUT2D eigenvalue weighted by molar-refractivity contribution is 5.78. The summed E-state index contributed by atoms with van der Waals surface area (Å²) in [6, 6.07) is -0.253. The van der Waals surface area contributed by atoms with Crippen LogP contribution in [0.5, 0.6) is 0 Å². The van der Waals surface area contributed by atoms with Crippen LogP contribution >= 0.6 is 0 Å². The number of nitrogens with zero attached hydrogens (tertiary/aromatic N) is 2. The number of nitrogens with one attached hydrogen (secondary N) is 1. The van der Waals surface area contributed by atoms with Crippen molar-refractivity contribution in [2.45, 2.75) is 57.5 Å². The fraction of sp³-hybridized carbons (Fsp3) is 0.857. The van der Waals surface area contributed by atoms with Gasteiger partial charge in [0, 0.05) is 6.54 Å². The second-order valence-electron chi connectivity index (χ2n) is 6.83. The summed E-state index contributed by atoms with van der Waals surface area (Å²) in [5.74, 6) is -1.88. The number of carbonyl (C=O) groups is 2. The molecule has 0 bridgehead atoms. The smallest absolute Gasteiger partial charge is 0.327 e. The average molecular weight is 299 g/mol. The molecule has 0 aromatic rings. The Hall–Kier alpha value is -1.18. The number of rotatable bonds is 3. The number of hydrogen-bond acceptors (Lipinski definition) is 7. The van der Waals surface area contributed by atoms with E-state index in [0.717, 1.165) is 19.4 Å². The molecule has 0 aliphatic carbocycles. The van der Waals surface area contributed by atoms with Crippen molar-refractivity contribution in [3.05, 3.63) is 0 Å². The first kappa shape index (κ1) is 16.2. The number of carbonyl (C=O) groups excluding carboxylic acids is 2. The van der Waals surface area contributed by atoms with Gasteiger partial charge in [-0.15, -0.1) is 0 Å². The van der Waals surface area contributed by atoms with Crippen LogP contribution in [-0.2, 0) is 19.1 Å². The number of ether oxygens (including phenoxy) is 2. The van der Waals surface area contributed by atoms with E-state index in [1.54, 1.807) is 19.0 Å². The quantitative estimate of drug-likeness (QED) is 0.759. The number of fused-ring (bicyclic) bond motifs is 1. The SMILES string of the molecule is CN(C)C1(CC(=O)OC(C)(C)C)NN2CCC[C@@H]2C(=O)O1. The van der Waals surface area contributed by atoms with Crippen molar-refractivity contribution in [2.75, 3.05) is 20.6 Å². The Labute approximate surface area is 125 Å². The van der Waals surface area contributed by atoms with E-state index in [1.165, 1.54) is 0 Å². The molecule has 120 valence electrons. The van der Waals surface area contributed by atoms with Gasteiger partial charge in [-0.2, -0.15) is 5.43 Å². The van der Waals surface area contributed by atoms with E-state index in [9.17, 15) is 9.59 Å². The van der Waals surface area contributed by atoms with Gasteiger partial charge in [-0.1, -0.05) is 0 Å². The molecule has 21 heavy (non-hydrogen) atoms. The van der Waals surface area contributed by atoms with Crippen molar-refractivity contribution in [3.63, 3.8) is 0 Å². The molecule has 1 unspecified atom stereocenters. The zero-order valence-electron chi connectivity index (χ0n) is 13.4. The maximum atomic E-state index is 12.2. The van der Waals surface area contributed by atoms with Gasteiger partial charge in [0.15, 0.2) is 0 Å². The third-order valence-corrected chi connectivity index (χ3v) is 3.64. The van der Waals surface area contributed by atoms with Crippen LogP contribution in [0.2, 0.25) is 0 Å². The fourth-order valence-corrected chi connectivity index (χ4v) is 2.63. The predicted molar refractivity (Wildman–Crippen MR) is 75.8 cm³/mol. The van der Waals surface area contributed by atoms with Gasteiger partial charge in [-0.25, -0.2) is 5.01 Å². The molecule has 0 saturated carbocycles. The summed E-state index contributed by atoms with van der Waals surface area (Å²) in [6.45, 7) is 6.20. The molecule has 2 heterocycles. The molecule has 2 rings (SSSR count). The van der Waals surface area contributed by atoms with Gasteiger partial charge < -0.3 is 9.47 Å². The third kappa shape index (κ3) is 3.53. The highest BCUT2D eigenvalue weighted by atomic mass is 16.6. The summed E-state index contributed by atoms with van der Waals surface area (Å²) in [6.07, 6.45) is 1.65. The maximum Gasteiger partial charge on any atom is 0.327 e. The molecule has 2 atom stereocenters. The second-order valence-corrected chi connectivity index (χ2v) is 6.83. The van der Waals surface area contributed by atoms with Gasteiger partial charge >= 0.3 is 11.9 Å². The fourth-order valence-electron chi connectivity index (χ4n) is 2.63. The zero-order valence-corrected chi connectivity index (χ0v) is 13.4. The Bertz CT molecular complexity index is 432. The van der Waals surface area contributed by atoms with Gasteiger partial charge in [0.1, 0.15) is 18.1 Å². The summed E-state index contributed by atoms with van der Waals surface area (Å²) >= 11 is 0. The molecule has 7 nitrogen and oxygen atoms in total. The van der Waals surface area contributed by atoms with Crippen LogP contribution < -0.4 is 5.43 Å².